The predicted octanol–water partition coefficient (Wildman–Crippen LogP) is 5.50. The number of fused-ring (bicyclic) bond motifs is 1. The minimum absolute atomic E-state index is 0.0326. The van der Waals surface area contributed by atoms with Crippen molar-refractivity contribution in [1.29, 1.82) is 0 Å². The molecule has 3 aromatic carbocycles. The molecule has 0 saturated heterocycles. The lowest BCUT2D eigenvalue weighted by molar-refractivity contribution is -0.111. The third kappa shape index (κ3) is 5.39. The first-order valence-electron chi connectivity index (χ1n) is 11.6. The van der Waals surface area contributed by atoms with Crippen LogP contribution >= 0.6 is 23.2 Å². The first-order chi connectivity index (χ1) is 19.0. The van der Waals surface area contributed by atoms with Crippen molar-refractivity contribution in [3.63, 3.8) is 0 Å². The van der Waals surface area contributed by atoms with Crippen LogP contribution in [-0.2, 0) is 19.6 Å². The molecule has 0 aliphatic carbocycles. The standard InChI is InChI=1S/C27H22Cl2N4O6S/c1-3-39-26(35)24-22(15(2)25(34)31-19-11-7-8-12-20(19)32-27(30)36)23-18(29)13-16(28)14-21(23)33(24)40(37,38)17-9-5-4-6-10-17/h4-14H,2-3H2,1H3,(H,31,34)(H3,30,32,36). The van der Waals surface area contributed by atoms with E-state index in [0.717, 1.165) is 3.97 Å². The summed E-state index contributed by atoms with van der Waals surface area (Å²) in [7, 11) is -4.45. The zero-order valence-electron chi connectivity index (χ0n) is 20.9. The van der Waals surface area contributed by atoms with Gasteiger partial charge in [-0.25, -0.2) is 22.0 Å². The van der Waals surface area contributed by atoms with Crippen LogP contribution < -0.4 is 16.4 Å². The maximum Gasteiger partial charge on any atom is 0.356 e. The Labute approximate surface area is 239 Å². The van der Waals surface area contributed by atoms with Crippen LogP contribution in [0, 0.1) is 0 Å². The number of esters is 1. The van der Waals surface area contributed by atoms with E-state index in [1.165, 1.54) is 48.5 Å². The predicted molar refractivity (Wildman–Crippen MR) is 154 cm³/mol. The number of halogens is 2. The number of nitrogens with two attached hydrogens (primary N) is 1. The molecule has 1 aromatic heterocycles. The van der Waals surface area contributed by atoms with E-state index in [4.69, 9.17) is 33.7 Å². The number of rotatable bonds is 8. The second-order valence-electron chi connectivity index (χ2n) is 8.28. The van der Waals surface area contributed by atoms with Gasteiger partial charge < -0.3 is 21.1 Å². The Hall–Kier alpha value is -4.32. The van der Waals surface area contributed by atoms with Crippen molar-refractivity contribution in [3.8, 4) is 0 Å². The summed E-state index contributed by atoms with van der Waals surface area (Å²) in [4.78, 5) is 38.1. The van der Waals surface area contributed by atoms with Gasteiger partial charge in [0.15, 0.2) is 5.69 Å². The Bertz CT molecular complexity index is 1790. The lowest BCUT2D eigenvalue weighted by atomic mass is 10.0. The summed E-state index contributed by atoms with van der Waals surface area (Å²) in [5, 5.41) is 5.08. The van der Waals surface area contributed by atoms with E-state index < -0.39 is 33.6 Å². The molecule has 40 heavy (non-hydrogen) atoms. The number of hydrogen-bond acceptors (Lipinski definition) is 6. The fourth-order valence-corrected chi connectivity index (χ4v) is 6.18. The number of aromatic nitrogens is 1. The Morgan fingerprint density at radius 3 is 2.17 bits per heavy atom. The van der Waals surface area contributed by atoms with Crippen molar-refractivity contribution < 1.29 is 27.5 Å². The third-order valence-corrected chi connectivity index (χ3v) is 7.95. The van der Waals surface area contributed by atoms with Crippen molar-refractivity contribution in [2.75, 3.05) is 17.2 Å². The van der Waals surface area contributed by atoms with Crippen molar-refractivity contribution in [3.05, 3.63) is 94.6 Å². The largest absolute Gasteiger partial charge is 0.461 e. The third-order valence-electron chi connectivity index (χ3n) is 5.70. The van der Waals surface area contributed by atoms with Crippen LogP contribution in [0.3, 0.4) is 0 Å². The average molecular weight is 601 g/mol. The second kappa shape index (κ2) is 11.4. The maximum atomic E-state index is 13.9. The van der Waals surface area contributed by atoms with Crippen LogP contribution in [-0.4, -0.2) is 36.9 Å². The summed E-state index contributed by atoms with van der Waals surface area (Å²) in [6.45, 7) is 5.32. The molecule has 1 heterocycles. The van der Waals surface area contributed by atoms with Gasteiger partial charge in [0.05, 0.1) is 33.4 Å². The van der Waals surface area contributed by atoms with Gasteiger partial charge in [-0.15, -0.1) is 0 Å². The lowest BCUT2D eigenvalue weighted by Crippen LogP contribution is -2.23. The van der Waals surface area contributed by atoms with Crippen molar-refractivity contribution >= 4 is 79.0 Å². The van der Waals surface area contributed by atoms with Gasteiger partial charge in [-0.3, -0.25) is 4.79 Å². The number of ether oxygens (including phenoxy) is 1. The minimum Gasteiger partial charge on any atom is -0.461 e. The number of carbonyl (C=O) groups is 3. The van der Waals surface area contributed by atoms with Crippen LogP contribution in [0.15, 0.2) is 78.2 Å². The number of nitrogens with one attached hydrogen (secondary N) is 2. The molecular weight excluding hydrogens is 579 g/mol. The van der Waals surface area contributed by atoms with Crippen LogP contribution in [0.2, 0.25) is 10.0 Å². The van der Waals surface area contributed by atoms with Gasteiger partial charge in [-0.2, -0.15) is 0 Å². The van der Waals surface area contributed by atoms with Crippen LogP contribution in [0.25, 0.3) is 16.5 Å². The maximum absolute atomic E-state index is 13.9. The Balaban J connectivity index is 1.99. The van der Waals surface area contributed by atoms with E-state index in [1.54, 1.807) is 25.1 Å². The van der Waals surface area contributed by atoms with Crippen molar-refractivity contribution in [2.24, 2.45) is 5.73 Å². The molecule has 0 aliphatic rings. The second-order valence-corrected chi connectivity index (χ2v) is 10.9. The van der Waals surface area contributed by atoms with Gasteiger partial charge in [-0.1, -0.05) is 60.1 Å². The fraction of sp³-hybridized carbons (Fsp3) is 0.0741. The van der Waals surface area contributed by atoms with Crippen LogP contribution in [0.4, 0.5) is 16.2 Å². The monoisotopic (exact) mass is 600 g/mol. The van der Waals surface area contributed by atoms with Gasteiger partial charge in [0.25, 0.3) is 15.9 Å². The zero-order valence-corrected chi connectivity index (χ0v) is 23.2. The summed E-state index contributed by atoms with van der Waals surface area (Å²) in [6.07, 6.45) is 0. The summed E-state index contributed by atoms with van der Waals surface area (Å²) in [5.41, 5.74) is 4.54. The van der Waals surface area contributed by atoms with Gasteiger partial charge in [0.2, 0.25) is 0 Å². The molecule has 0 fully saturated rings. The molecule has 0 atom stereocenters. The number of urea groups is 1. The summed E-state index contributed by atoms with van der Waals surface area (Å²) < 4.78 is 33.8. The van der Waals surface area contributed by atoms with Gasteiger partial charge in [-0.05, 0) is 43.3 Å². The Kier molecular flexibility index (Phi) is 8.19. The highest BCUT2D eigenvalue weighted by Crippen LogP contribution is 2.40. The quantitative estimate of drug-likeness (QED) is 0.179. The van der Waals surface area contributed by atoms with Gasteiger partial charge in [0.1, 0.15) is 0 Å². The molecule has 4 N–H and O–H groups in total. The van der Waals surface area contributed by atoms with Gasteiger partial charge >= 0.3 is 12.0 Å². The van der Waals surface area contributed by atoms with Crippen LogP contribution in [0.5, 0.6) is 0 Å². The number of carbonyl (C=O) groups excluding carboxylic acids is 3. The molecule has 3 amide bonds. The van der Waals surface area contributed by atoms with E-state index in [1.807, 2.05) is 0 Å². The number of benzene rings is 3. The molecule has 0 radical (unpaired) electrons. The molecular formula is C27H22Cl2N4O6S. The molecule has 0 aliphatic heterocycles. The number of primary amides is 1. The first-order valence-corrected chi connectivity index (χ1v) is 13.8. The first kappa shape index (κ1) is 28.7. The topological polar surface area (TPSA) is 150 Å². The van der Waals surface area contributed by atoms with Crippen LogP contribution in [0.1, 0.15) is 23.0 Å². The van der Waals surface area contributed by atoms with E-state index in [9.17, 15) is 22.8 Å². The molecule has 0 spiro atoms. The van der Waals surface area contributed by atoms with E-state index in [2.05, 4.69) is 17.2 Å². The normalized spacial score (nSPS) is 11.2. The molecule has 0 bridgehead atoms. The highest BCUT2D eigenvalue weighted by Gasteiger charge is 2.35. The number of anilines is 2. The Morgan fingerprint density at radius 2 is 1.57 bits per heavy atom. The SMILES string of the molecule is C=C(C(=O)Nc1ccccc1NC(N)=O)c1c(C(=O)OCC)n(S(=O)(=O)c2ccccc2)c2cc(Cl)cc(Cl)c12. The van der Waals surface area contributed by atoms with Crippen molar-refractivity contribution in [2.45, 2.75) is 11.8 Å². The van der Waals surface area contributed by atoms with Crippen molar-refractivity contribution in [1.82, 2.24) is 3.97 Å². The summed E-state index contributed by atoms with van der Waals surface area (Å²) in [6, 6.07) is 15.4. The highest BCUT2D eigenvalue weighted by molar-refractivity contribution is 7.90. The Morgan fingerprint density at radius 1 is 0.975 bits per heavy atom. The van der Waals surface area contributed by atoms with E-state index in [0.29, 0.717) is 0 Å². The number of nitrogens with zero attached hydrogens (tertiary/aromatic N) is 1. The zero-order chi connectivity index (χ0) is 29.2. The fourth-order valence-electron chi connectivity index (χ4n) is 4.08. The summed E-state index contributed by atoms with van der Waals surface area (Å²) in [5.74, 6) is -1.86. The average Bonchev–Trinajstić information content (AvgIpc) is 3.26. The molecule has 0 unspecified atom stereocenters. The lowest BCUT2D eigenvalue weighted by Gasteiger charge is -2.14. The molecule has 13 heteroatoms. The van der Waals surface area contributed by atoms with Gasteiger partial charge in [0, 0.05) is 21.5 Å². The highest BCUT2D eigenvalue weighted by atomic mass is 35.5. The molecule has 0 saturated carbocycles. The minimum atomic E-state index is -4.45. The molecule has 10 nitrogen and oxygen atoms in total. The number of amides is 3. The molecule has 4 aromatic rings. The molecule has 4 rings (SSSR count). The summed E-state index contributed by atoms with van der Waals surface area (Å²) >= 11 is 12.8. The number of para-hydroxylation sites is 2. The van der Waals surface area contributed by atoms with E-state index >= 15 is 0 Å². The van der Waals surface area contributed by atoms with E-state index in [-0.39, 0.29) is 55.0 Å². The molecule has 206 valence electrons. The smallest absolute Gasteiger partial charge is 0.356 e. The number of hydrogen-bond donors (Lipinski definition) is 3.